The second kappa shape index (κ2) is 13.3. The molecule has 0 spiro atoms. The molecule has 3 atom stereocenters. The van der Waals surface area contributed by atoms with Crippen molar-refractivity contribution in [3.63, 3.8) is 0 Å². The number of hydrogen-bond acceptors (Lipinski definition) is 5. The third kappa shape index (κ3) is 9.50. The maximum atomic E-state index is 13.5. The Morgan fingerprint density at radius 3 is 2.27 bits per heavy atom. The second-order valence-corrected chi connectivity index (χ2v) is 9.54. The molecular formula is C25H39N3O4S. The van der Waals surface area contributed by atoms with Crippen molar-refractivity contribution in [3.8, 4) is 0 Å². The zero-order valence-electron chi connectivity index (χ0n) is 20.7. The largest absolute Gasteiger partial charge is 0.444 e. The lowest BCUT2D eigenvalue weighted by molar-refractivity contribution is -0.141. The van der Waals surface area contributed by atoms with Gasteiger partial charge in [0.05, 0.1) is 0 Å². The fourth-order valence-electron chi connectivity index (χ4n) is 3.35. The van der Waals surface area contributed by atoms with Gasteiger partial charge in [0.1, 0.15) is 17.7 Å². The quantitative estimate of drug-likeness (QED) is 0.330. The van der Waals surface area contributed by atoms with E-state index >= 15 is 0 Å². The molecule has 8 heteroatoms. The van der Waals surface area contributed by atoms with Crippen LogP contribution in [0.15, 0.2) is 36.9 Å². The normalized spacial score (nSPS) is 13.9. The highest BCUT2D eigenvalue weighted by molar-refractivity contribution is 7.80. The minimum Gasteiger partial charge on any atom is -0.444 e. The molecule has 1 aromatic carbocycles. The maximum Gasteiger partial charge on any atom is 0.408 e. The van der Waals surface area contributed by atoms with Crippen molar-refractivity contribution in [1.82, 2.24) is 15.5 Å². The van der Waals surface area contributed by atoms with E-state index in [0.717, 1.165) is 18.4 Å². The number of carbonyl (C=O) groups is 3. The Kier molecular flexibility index (Phi) is 11.5. The van der Waals surface area contributed by atoms with Gasteiger partial charge in [0.2, 0.25) is 11.8 Å². The summed E-state index contributed by atoms with van der Waals surface area (Å²) in [5.74, 6) is -0.690. The van der Waals surface area contributed by atoms with Crippen molar-refractivity contribution < 1.29 is 19.1 Å². The molecule has 0 aromatic heterocycles. The lowest BCUT2D eigenvalue weighted by Gasteiger charge is -2.34. The van der Waals surface area contributed by atoms with Gasteiger partial charge in [-0.05, 0) is 46.6 Å². The number of carbonyl (C=O) groups excluding carboxylic acids is 3. The van der Waals surface area contributed by atoms with Crippen molar-refractivity contribution in [1.29, 1.82) is 0 Å². The number of rotatable bonds is 11. The number of aryl methyl sites for hydroxylation is 1. The zero-order valence-corrected chi connectivity index (χ0v) is 21.6. The van der Waals surface area contributed by atoms with E-state index in [2.05, 4.69) is 29.8 Å². The number of amides is 3. The van der Waals surface area contributed by atoms with Gasteiger partial charge >= 0.3 is 6.09 Å². The molecule has 0 aliphatic carbocycles. The molecule has 3 amide bonds. The van der Waals surface area contributed by atoms with E-state index in [4.69, 9.17) is 4.74 Å². The van der Waals surface area contributed by atoms with E-state index in [1.165, 1.54) is 4.90 Å². The number of ether oxygens (including phenoxy) is 1. The molecule has 0 fully saturated rings. The molecule has 0 aliphatic rings. The lowest BCUT2D eigenvalue weighted by atomic mass is 10.0. The van der Waals surface area contributed by atoms with Crippen molar-refractivity contribution in [3.05, 3.63) is 48.0 Å². The molecule has 3 unspecified atom stereocenters. The van der Waals surface area contributed by atoms with E-state index in [1.54, 1.807) is 26.8 Å². The molecule has 1 aromatic rings. The van der Waals surface area contributed by atoms with Crippen LogP contribution in [-0.4, -0.2) is 52.8 Å². The minimum atomic E-state index is -0.975. The van der Waals surface area contributed by atoms with Crippen molar-refractivity contribution >= 4 is 30.5 Å². The standard InChI is InChI=1S/C25H39N3O4S/c1-8-10-18(4)26-22(29)21(19-13-11-17(3)12-14-19)28(15-9-2)23(30)20(16-33)27-24(31)32-25(5,6)7/h9,11-14,18,20-21,33H,2,8,10,15-16H2,1,3-7H3,(H,26,29)(H,27,31). The van der Waals surface area contributed by atoms with Gasteiger partial charge in [-0.3, -0.25) is 9.59 Å². The minimum absolute atomic E-state index is 0.0419. The van der Waals surface area contributed by atoms with Crippen molar-refractivity contribution in [2.75, 3.05) is 12.3 Å². The van der Waals surface area contributed by atoms with Crippen LogP contribution < -0.4 is 10.6 Å². The van der Waals surface area contributed by atoms with Crippen LogP contribution in [0, 0.1) is 6.92 Å². The summed E-state index contributed by atoms with van der Waals surface area (Å²) in [7, 11) is 0. The van der Waals surface area contributed by atoms with E-state index in [9.17, 15) is 14.4 Å². The van der Waals surface area contributed by atoms with Gasteiger partial charge in [-0.25, -0.2) is 4.79 Å². The van der Waals surface area contributed by atoms with Crippen LogP contribution in [0.2, 0.25) is 0 Å². The van der Waals surface area contributed by atoms with Gasteiger partial charge in [0.15, 0.2) is 0 Å². The SMILES string of the molecule is C=CCN(C(=O)C(CS)NC(=O)OC(C)(C)C)C(C(=O)NC(C)CCC)c1ccc(C)cc1. The third-order valence-electron chi connectivity index (χ3n) is 4.84. The average molecular weight is 478 g/mol. The maximum absolute atomic E-state index is 13.5. The predicted molar refractivity (Wildman–Crippen MR) is 135 cm³/mol. The Morgan fingerprint density at radius 2 is 1.79 bits per heavy atom. The van der Waals surface area contributed by atoms with Crippen molar-refractivity contribution in [2.45, 2.75) is 78.1 Å². The summed E-state index contributed by atoms with van der Waals surface area (Å²) in [6, 6.07) is 5.56. The van der Waals surface area contributed by atoms with E-state index < -0.39 is 29.7 Å². The van der Waals surface area contributed by atoms with E-state index in [0.29, 0.717) is 5.56 Å². The van der Waals surface area contributed by atoms with Gasteiger partial charge in [0.25, 0.3) is 0 Å². The number of nitrogens with one attached hydrogen (secondary N) is 2. The highest BCUT2D eigenvalue weighted by atomic mass is 32.1. The van der Waals surface area contributed by atoms with Gasteiger partial charge in [0, 0.05) is 18.3 Å². The summed E-state index contributed by atoms with van der Waals surface area (Å²) < 4.78 is 5.29. The summed E-state index contributed by atoms with van der Waals surface area (Å²) in [4.78, 5) is 40.7. The van der Waals surface area contributed by atoms with Crippen LogP contribution in [-0.2, 0) is 14.3 Å². The Morgan fingerprint density at radius 1 is 1.18 bits per heavy atom. The first-order chi connectivity index (χ1) is 15.4. The van der Waals surface area contributed by atoms with E-state index in [-0.39, 0.29) is 24.2 Å². The number of thiol groups is 1. The summed E-state index contributed by atoms with van der Waals surface area (Å²) in [6.07, 6.45) is 2.58. The van der Waals surface area contributed by atoms with Crippen LogP contribution in [0.4, 0.5) is 4.79 Å². The molecule has 0 radical (unpaired) electrons. The lowest BCUT2D eigenvalue weighted by Crippen LogP contribution is -2.54. The number of hydrogen-bond donors (Lipinski definition) is 3. The molecule has 7 nitrogen and oxygen atoms in total. The van der Waals surface area contributed by atoms with E-state index in [1.807, 2.05) is 45.0 Å². The molecule has 0 bridgehead atoms. The molecular weight excluding hydrogens is 438 g/mol. The molecule has 0 saturated heterocycles. The number of nitrogens with zero attached hydrogens (tertiary/aromatic N) is 1. The zero-order chi connectivity index (χ0) is 25.2. The Hall–Kier alpha value is -2.48. The van der Waals surface area contributed by atoms with Gasteiger partial charge < -0.3 is 20.3 Å². The first kappa shape index (κ1) is 28.6. The molecule has 184 valence electrons. The van der Waals surface area contributed by atoms with Gasteiger partial charge in [-0.1, -0.05) is 49.2 Å². The fraction of sp³-hybridized carbons (Fsp3) is 0.560. The highest BCUT2D eigenvalue weighted by Crippen LogP contribution is 2.24. The first-order valence-electron chi connectivity index (χ1n) is 11.3. The first-order valence-corrected chi connectivity index (χ1v) is 11.9. The topological polar surface area (TPSA) is 87.7 Å². The highest BCUT2D eigenvalue weighted by Gasteiger charge is 2.35. The van der Waals surface area contributed by atoms with Crippen molar-refractivity contribution in [2.24, 2.45) is 0 Å². The Balaban J connectivity index is 3.31. The molecule has 2 N–H and O–H groups in total. The van der Waals surface area contributed by atoms with Crippen LogP contribution >= 0.6 is 12.6 Å². The Labute approximate surface area is 203 Å². The van der Waals surface area contributed by atoms with Crippen LogP contribution in [0.1, 0.15) is 64.6 Å². The molecule has 0 saturated carbocycles. The molecule has 33 heavy (non-hydrogen) atoms. The number of benzene rings is 1. The molecule has 0 heterocycles. The summed E-state index contributed by atoms with van der Waals surface area (Å²) in [5, 5.41) is 5.60. The summed E-state index contributed by atoms with van der Waals surface area (Å²) in [6.45, 7) is 15.0. The predicted octanol–water partition coefficient (Wildman–Crippen LogP) is 4.18. The third-order valence-corrected chi connectivity index (χ3v) is 5.21. The smallest absolute Gasteiger partial charge is 0.408 e. The fourth-order valence-corrected chi connectivity index (χ4v) is 3.59. The Bertz CT molecular complexity index is 805. The monoisotopic (exact) mass is 477 g/mol. The summed E-state index contributed by atoms with van der Waals surface area (Å²) >= 11 is 4.26. The average Bonchev–Trinajstić information content (AvgIpc) is 2.71. The van der Waals surface area contributed by atoms with Gasteiger partial charge in [-0.2, -0.15) is 12.6 Å². The van der Waals surface area contributed by atoms with Gasteiger partial charge in [-0.15, -0.1) is 6.58 Å². The van der Waals surface area contributed by atoms with Crippen LogP contribution in [0.5, 0.6) is 0 Å². The molecule has 1 rings (SSSR count). The molecule has 0 aliphatic heterocycles. The van der Waals surface area contributed by atoms with Crippen LogP contribution in [0.25, 0.3) is 0 Å². The summed E-state index contributed by atoms with van der Waals surface area (Å²) in [5.41, 5.74) is 1.00. The number of alkyl carbamates (subject to hydrolysis) is 1. The second-order valence-electron chi connectivity index (χ2n) is 9.17. The van der Waals surface area contributed by atoms with Crippen LogP contribution in [0.3, 0.4) is 0 Å².